The summed E-state index contributed by atoms with van der Waals surface area (Å²) in [5.41, 5.74) is 0.544. The van der Waals surface area contributed by atoms with E-state index in [2.05, 4.69) is 35.4 Å². The van der Waals surface area contributed by atoms with Crippen LogP contribution in [0, 0.1) is 11.3 Å². The SMILES string of the molecule is CCCC(C)Nc1nnccc1C#N. The molecule has 0 fully saturated rings. The van der Waals surface area contributed by atoms with Crippen LogP contribution in [0.2, 0.25) is 0 Å². The number of nitriles is 1. The molecule has 1 rings (SSSR count). The highest BCUT2D eigenvalue weighted by Gasteiger charge is 2.06. The molecule has 1 atom stereocenters. The molecule has 4 heteroatoms. The van der Waals surface area contributed by atoms with E-state index in [-0.39, 0.29) is 0 Å². The molecule has 0 bridgehead atoms. The van der Waals surface area contributed by atoms with Gasteiger partial charge < -0.3 is 5.32 Å². The summed E-state index contributed by atoms with van der Waals surface area (Å²) in [5, 5.41) is 19.6. The van der Waals surface area contributed by atoms with Crippen LogP contribution in [-0.2, 0) is 0 Å². The number of anilines is 1. The van der Waals surface area contributed by atoms with Gasteiger partial charge in [-0.15, -0.1) is 5.10 Å². The Kier molecular flexibility index (Phi) is 3.86. The van der Waals surface area contributed by atoms with Gasteiger partial charge in [0.1, 0.15) is 6.07 Å². The first-order chi connectivity index (χ1) is 6.77. The van der Waals surface area contributed by atoms with Crippen molar-refractivity contribution in [3.8, 4) is 6.07 Å². The number of rotatable bonds is 4. The average Bonchev–Trinajstić information content (AvgIpc) is 2.19. The van der Waals surface area contributed by atoms with Crippen LogP contribution in [0.4, 0.5) is 5.82 Å². The summed E-state index contributed by atoms with van der Waals surface area (Å²) < 4.78 is 0. The highest BCUT2D eigenvalue weighted by atomic mass is 15.2. The molecule has 14 heavy (non-hydrogen) atoms. The maximum absolute atomic E-state index is 8.80. The lowest BCUT2D eigenvalue weighted by atomic mass is 10.2. The smallest absolute Gasteiger partial charge is 0.166 e. The van der Waals surface area contributed by atoms with Gasteiger partial charge in [-0.2, -0.15) is 10.4 Å². The van der Waals surface area contributed by atoms with E-state index in [1.54, 1.807) is 6.07 Å². The lowest BCUT2D eigenvalue weighted by molar-refractivity contribution is 0.685. The predicted molar refractivity (Wildman–Crippen MR) is 54.7 cm³/mol. The zero-order chi connectivity index (χ0) is 10.4. The van der Waals surface area contributed by atoms with Crippen molar-refractivity contribution in [1.82, 2.24) is 10.2 Å². The standard InChI is InChI=1S/C10H14N4/c1-3-4-8(2)13-10-9(7-11)5-6-12-14-10/h5-6,8H,3-4H2,1-2H3,(H,13,14). The Morgan fingerprint density at radius 3 is 3.07 bits per heavy atom. The van der Waals surface area contributed by atoms with Gasteiger partial charge in [0.05, 0.1) is 11.8 Å². The summed E-state index contributed by atoms with van der Waals surface area (Å²) in [6, 6.07) is 4.06. The fourth-order valence-electron chi connectivity index (χ4n) is 1.27. The van der Waals surface area contributed by atoms with Crippen molar-refractivity contribution < 1.29 is 0 Å². The van der Waals surface area contributed by atoms with E-state index >= 15 is 0 Å². The molecule has 0 spiro atoms. The van der Waals surface area contributed by atoms with Crippen LogP contribution in [0.5, 0.6) is 0 Å². The van der Waals surface area contributed by atoms with Gasteiger partial charge in [-0.05, 0) is 19.4 Å². The third kappa shape index (κ3) is 2.70. The normalized spacial score (nSPS) is 11.8. The van der Waals surface area contributed by atoms with Gasteiger partial charge in [0.25, 0.3) is 0 Å². The van der Waals surface area contributed by atoms with E-state index in [0.717, 1.165) is 12.8 Å². The molecule has 0 saturated carbocycles. The number of nitrogens with one attached hydrogen (secondary N) is 1. The van der Waals surface area contributed by atoms with E-state index in [1.165, 1.54) is 6.20 Å². The first kappa shape index (κ1) is 10.5. The topological polar surface area (TPSA) is 61.6 Å². The monoisotopic (exact) mass is 190 g/mol. The van der Waals surface area contributed by atoms with Gasteiger partial charge in [-0.3, -0.25) is 0 Å². The Hall–Kier alpha value is -1.63. The molecular formula is C10H14N4. The van der Waals surface area contributed by atoms with E-state index in [1.807, 2.05) is 0 Å². The molecule has 0 aliphatic heterocycles. The van der Waals surface area contributed by atoms with Crippen LogP contribution >= 0.6 is 0 Å². The summed E-state index contributed by atoms with van der Waals surface area (Å²) in [6.45, 7) is 4.19. The number of nitrogens with zero attached hydrogens (tertiary/aromatic N) is 3. The second kappa shape index (κ2) is 5.18. The van der Waals surface area contributed by atoms with Crippen molar-refractivity contribution in [1.29, 1.82) is 5.26 Å². The quantitative estimate of drug-likeness (QED) is 0.788. The van der Waals surface area contributed by atoms with Crippen LogP contribution in [0.3, 0.4) is 0 Å². The minimum Gasteiger partial charge on any atom is -0.365 e. The highest BCUT2D eigenvalue weighted by Crippen LogP contribution is 2.11. The fraction of sp³-hybridized carbons (Fsp3) is 0.500. The van der Waals surface area contributed by atoms with Gasteiger partial charge >= 0.3 is 0 Å². The van der Waals surface area contributed by atoms with Crippen LogP contribution in [0.1, 0.15) is 32.3 Å². The Morgan fingerprint density at radius 2 is 2.43 bits per heavy atom. The zero-order valence-corrected chi connectivity index (χ0v) is 8.49. The Balaban J connectivity index is 2.71. The molecule has 74 valence electrons. The molecule has 0 radical (unpaired) electrons. The molecule has 1 aromatic rings. The minimum atomic E-state index is 0.323. The van der Waals surface area contributed by atoms with Crippen molar-refractivity contribution in [3.05, 3.63) is 17.8 Å². The van der Waals surface area contributed by atoms with E-state index in [0.29, 0.717) is 17.4 Å². The molecule has 4 nitrogen and oxygen atoms in total. The molecule has 0 saturated heterocycles. The van der Waals surface area contributed by atoms with Crippen LogP contribution in [0.25, 0.3) is 0 Å². The number of hydrogen-bond acceptors (Lipinski definition) is 4. The summed E-state index contributed by atoms with van der Waals surface area (Å²) in [4.78, 5) is 0. The summed E-state index contributed by atoms with van der Waals surface area (Å²) in [6.07, 6.45) is 3.69. The first-order valence-electron chi connectivity index (χ1n) is 4.76. The fourth-order valence-corrected chi connectivity index (χ4v) is 1.27. The van der Waals surface area contributed by atoms with Crippen molar-refractivity contribution >= 4 is 5.82 Å². The minimum absolute atomic E-state index is 0.323. The predicted octanol–water partition coefficient (Wildman–Crippen LogP) is 1.95. The zero-order valence-electron chi connectivity index (χ0n) is 8.49. The van der Waals surface area contributed by atoms with Crippen molar-refractivity contribution in [3.63, 3.8) is 0 Å². The largest absolute Gasteiger partial charge is 0.365 e. The Morgan fingerprint density at radius 1 is 1.64 bits per heavy atom. The van der Waals surface area contributed by atoms with Gasteiger partial charge in [-0.1, -0.05) is 13.3 Å². The average molecular weight is 190 g/mol. The third-order valence-electron chi connectivity index (χ3n) is 1.95. The molecular weight excluding hydrogens is 176 g/mol. The van der Waals surface area contributed by atoms with E-state index in [4.69, 9.17) is 5.26 Å². The summed E-state index contributed by atoms with van der Waals surface area (Å²) in [5.74, 6) is 0.580. The van der Waals surface area contributed by atoms with E-state index < -0.39 is 0 Å². The second-order valence-corrected chi connectivity index (χ2v) is 3.24. The van der Waals surface area contributed by atoms with Crippen molar-refractivity contribution in [2.75, 3.05) is 5.32 Å². The molecule has 0 amide bonds. The molecule has 0 aliphatic carbocycles. The lowest BCUT2D eigenvalue weighted by Gasteiger charge is -2.13. The Bertz CT molecular complexity index is 329. The lowest BCUT2D eigenvalue weighted by Crippen LogP contribution is -2.16. The van der Waals surface area contributed by atoms with Gasteiger partial charge in [0.15, 0.2) is 5.82 Å². The van der Waals surface area contributed by atoms with Crippen LogP contribution in [-0.4, -0.2) is 16.2 Å². The highest BCUT2D eigenvalue weighted by molar-refractivity contribution is 5.50. The van der Waals surface area contributed by atoms with Gasteiger partial charge in [0, 0.05) is 6.04 Å². The number of aromatic nitrogens is 2. The molecule has 1 N–H and O–H groups in total. The molecule has 1 aromatic heterocycles. The Labute approximate surface area is 84.0 Å². The van der Waals surface area contributed by atoms with Crippen molar-refractivity contribution in [2.45, 2.75) is 32.7 Å². The second-order valence-electron chi connectivity index (χ2n) is 3.24. The van der Waals surface area contributed by atoms with Gasteiger partial charge in [-0.25, -0.2) is 0 Å². The maximum atomic E-state index is 8.80. The molecule has 0 aliphatic rings. The van der Waals surface area contributed by atoms with Gasteiger partial charge in [0.2, 0.25) is 0 Å². The third-order valence-corrected chi connectivity index (χ3v) is 1.95. The summed E-state index contributed by atoms with van der Waals surface area (Å²) >= 11 is 0. The molecule has 0 aromatic carbocycles. The van der Waals surface area contributed by atoms with Crippen molar-refractivity contribution in [2.24, 2.45) is 0 Å². The van der Waals surface area contributed by atoms with Crippen LogP contribution < -0.4 is 5.32 Å². The number of hydrogen-bond donors (Lipinski definition) is 1. The molecule has 1 heterocycles. The van der Waals surface area contributed by atoms with Crippen LogP contribution in [0.15, 0.2) is 12.3 Å². The first-order valence-corrected chi connectivity index (χ1v) is 4.76. The molecule has 1 unspecified atom stereocenters. The van der Waals surface area contributed by atoms with E-state index in [9.17, 15) is 0 Å². The summed E-state index contributed by atoms with van der Waals surface area (Å²) in [7, 11) is 0. The maximum Gasteiger partial charge on any atom is 0.166 e.